The third kappa shape index (κ3) is 2.27. The zero-order chi connectivity index (χ0) is 13.5. The topological polar surface area (TPSA) is 24.9 Å². The number of hydrogen-bond donors (Lipinski definition) is 1. The Balaban J connectivity index is 2.80. The van der Waals surface area contributed by atoms with Crippen molar-refractivity contribution in [2.75, 3.05) is 12.4 Å². The fourth-order valence-electron chi connectivity index (χ4n) is 1.57. The minimum Gasteiger partial charge on any atom is -0.388 e. The van der Waals surface area contributed by atoms with E-state index in [0.29, 0.717) is 5.39 Å². The smallest absolute Gasteiger partial charge is 0.388 e. The van der Waals surface area contributed by atoms with Crippen molar-refractivity contribution < 1.29 is 17.6 Å². The molecule has 2 aromatic rings. The number of hydrogen-bond acceptors (Lipinski definition) is 2. The van der Waals surface area contributed by atoms with Crippen LogP contribution in [0.3, 0.4) is 0 Å². The predicted molar refractivity (Wildman–Crippen MR) is 63.9 cm³/mol. The van der Waals surface area contributed by atoms with Crippen LogP contribution in [0.1, 0.15) is 5.69 Å². The first kappa shape index (κ1) is 13.1. The summed E-state index contributed by atoms with van der Waals surface area (Å²) in [5.41, 5.74) is -0.857. The molecule has 2 nitrogen and oxygen atoms in total. The van der Waals surface area contributed by atoms with Gasteiger partial charge in [0.1, 0.15) is 11.5 Å². The maximum absolute atomic E-state index is 13.3. The van der Waals surface area contributed by atoms with Crippen LogP contribution in [0.5, 0.6) is 0 Å². The van der Waals surface area contributed by atoms with Gasteiger partial charge >= 0.3 is 6.18 Å². The summed E-state index contributed by atoms with van der Waals surface area (Å²) in [6, 6.07) is 3.26. The molecule has 0 aliphatic rings. The van der Waals surface area contributed by atoms with Crippen molar-refractivity contribution in [1.29, 1.82) is 0 Å². The molecule has 0 saturated carbocycles. The number of halogens is 5. The van der Waals surface area contributed by atoms with Crippen LogP contribution < -0.4 is 5.32 Å². The molecule has 1 aromatic heterocycles. The lowest BCUT2D eigenvalue weighted by atomic mass is 10.1. The fraction of sp³-hybridized carbons (Fsp3) is 0.182. The number of rotatable bonds is 1. The van der Waals surface area contributed by atoms with Crippen molar-refractivity contribution in [3.63, 3.8) is 0 Å². The van der Waals surface area contributed by atoms with E-state index in [-0.39, 0.29) is 15.7 Å². The van der Waals surface area contributed by atoms with Gasteiger partial charge in [-0.15, -0.1) is 0 Å². The molecule has 18 heavy (non-hydrogen) atoms. The summed E-state index contributed by atoms with van der Waals surface area (Å²) in [7, 11) is 1.49. The summed E-state index contributed by atoms with van der Waals surface area (Å²) in [5, 5.41) is 3.06. The van der Waals surface area contributed by atoms with Gasteiger partial charge in [-0.1, -0.05) is 0 Å². The molecule has 96 valence electrons. The Labute approximate surface area is 108 Å². The summed E-state index contributed by atoms with van der Waals surface area (Å²) in [6.07, 6.45) is -4.57. The quantitative estimate of drug-likeness (QED) is 0.796. The largest absolute Gasteiger partial charge is 0.433 e. The third-order valence-corrected chi connectivity index (χ3v) is 3.02. The molecule has 0 fully saturated rings. The van der Waals surface area contributed by atoms with E-state index in [2.05, 4.69) is 26.2 Å². The second kappa shape index (κ2) is 4.38. The van der Waals surface area contributed by atoms with E-state index in [1.807, 2.05) is 0 Å². The van der Waals surface area contributed by atoms with Gasteiger partial charge in [-0.05, 0) is 28.1 Å². The lowest BCUT2D eigenvalue weighted by Crippen LogP contribution is -2.09. The van der Waals surface area contributed by atoms with E-state index in [0.717, 1.165) is 12.1 Å². The minimum absolute atomic E-state index is 0.0464. The van der Waals surface area contributed by atoms with Crippen molar-refractivity contribution in [1.82, 2.24) is 4.98 Å². The highest BCUT2D eigenvalue weighted by molar-refractivity contribution is 9.10. The maximum Gasteiger partial charge on any atom is 0.433 e. The fourth-order valence-corrected chi connectivity index (χ4v) is 1.92. The molecule has 0 bridgehead atoms. The van der Waals surface area contributed by atoms with Gasteiger partial charge in [-0.3, -0.25) is 0 Å². The Morgan fingerprint density at radius 2 is 1.89 bits per heavy atom. The molecule has 1 heterocycles. The van der Waals surface area contributed by atoms with Crippen LogP contribution in [0.15, 0.2) is 22.7 Å². The molecule has 2 rings (SSSR count). The normalized spacial score (nSPS) is 11.9. The van der Waals surface area contributed by atoms with Crippen molar-refractivity contribution >= 4 is 32.5 Å². The molecule has 0 unspecified atom stereocenters. The highest BCUT2D eigenvalue weighted by atomic mass is 79.9. The molecular formula is C11H7BrF4N2. The SMILES string of the molecule is CNc1cc(C(F)(F)F)nc2cc(F)c(Br)cc12. The molecule has 0 amide bonds. The highest BCUT2D eigenvalue weighted by Gasteiger charge is 2.33. The van der Waals surface area contributed by atoms with E-state index >= 15 is 0 Å². The molecule has 1 aromatic carbocycles. The summed E-state index contributed by atoms with van der Waals surface area (Å²) >= 11 is 2.98. The van der Waals surface area contributed by atoms with Gasteiger partial charge in [-0.2, -0.15) is 13.2 Å². The average molecular weight is 323 g/mol. The summed E-state index contributed by atoms with van der Waals surface area (Å²) < 4.78 is 51.4. The lowest BCUT2D eigenvalue weighted by Gasteiger charge is -2.11. The third-order valence-electron chi connectivity index (χ3n) is 2.41. The Hall–Kier alpha value is -1.37. The van der Waals surface area contributed by atoms with Crippen LogP contribution >= 0.6 is 15.9 Å². The zero-order valence-corrected chi connectivity index (χ0v) is 10.7. The maximum atomic E-state index is 13.3. The van der Waals surface area contributed by atoms with E-state index in [4.69, 9.17) is 0 Å². The van der Waals surface area contributed by atoms with Gasteiger partial charge in [-0.25, -0.2) is 9.37 Å². The van der Waals surface area contributed by atoms with E-state index in [9.17, 15) is 17.6 Å². The van der Waals surface area contributed by atoms with E-state index < -0.39 is 17.7 Å². The molecular weight excluding hydrogens is 316 g/mol. The molecule has 0 aliphatic heterocycles. The van der Waals surface area contributed by atoms with Crippen molar-refractivity contribution in [2.45, 2.75) is 6.18 Å². The Morgan fingerprint density at radius 3 is 2.44 bits per heavy atom. The number of aromatic nitrogens is 1. The summed E-state index contributed by atoms with van der Waals surface area (Å²) in [6.45, 7) is 0. The molecule has 0 aliphatic carbocycles. The summed E-state index contributed by atoms with van der Waals surface area (Å²) in [5.74, 6) is -0.656. The van der Waals surface area contributed by atoms with Crippen LogP contribution in [0.4, 0.5) is 23.2 Å². The standard InChI is InChI=1S/C11H7BrF4N2/c1-17-8-4-10(11(14,15)16)18-9-3-7(13)6(12)2-5(8)9/h2-4H,1H3,(H,17,18). The monoisotopic (exact) mass is 322 g/mol. The van der Waals surface area contributed by atoms with Gasteiger partial charge in [0.25, 0.3) is 0 Å². The number of alkyl halides is 3. The second-order valence-electron chi connectivity index (χ2n) is 3.59. The number of anilines is 1. The van der Waals surface area contributed by atoms with Crippen LogP contribution in [0, 0.1) is 5.82 Å². The average Bonchev–Trinajstić information content (AvgIpc) is 2.28. The first-order valence-electron chi connectivity index (χ1n) is 4.87. The molecule has 0 atom stereocenters. The zero-order valence-electron chi connectivity index (χ0n) is 9.07. The van der Waals surface area contributed by atoms with Gasteiger partial charge in [0.05, 0.1) is 9.99 Å². The minimum atomic E-state index is -4.57. The molecule has 1 N–H and O–H groups in total. The highest BCUT2D eigenvalue weighted by Crippen LogP contribution is 2.34. The Bertz CT molecular complexity index is 610. The van der Waals surface area contributed by atoms with E-state index in [1.54, 1.807) is 0 Å². The predicted octanol–water partition coefficient (Wildman–Crippen LogP) is 4.20. The van der Waals surface area contributed by atoms with Crippen molar-refractivity contribution in [2.24, 2.45) is 0 Å². The Kier molecular flexibility index (Phi) is 3.18. The van der Waals surface area contributed by atoms with Gasteiger partial charge in [0.2, 0.25) is 0 Å². The molecule has 7 heteroatoms. The number of nitrogens with one attached hydrogen (secondary N) is 1. The lowest BCUT2D eigenvalue weighted by molar-refractivity contribution is -0.140. The molecule has 0 radical (unpaired) electrons. The van der Waals surface area contributed by atoms with E-state index in [1.165, 1.54) is 13.1 Å². The van der Waals surface area contributed by atoms with Gasteiger partial charge in [0.15, 0.2) is 0 Å². The van der Waals surface area contributed by atoms with Crippen molar-refractivity contribution in [3.05, 3.63) is 34.2 Å². The number of nitrogens with zero attached hydrogens (tertiary/aromatic N) is 1. The second-order valence-corrected chi connectivity index (χ2v) is 4.44. The molecule has 0 spiro atoms. The first-order chi connectivity index (χ1) is 8.32. The number of benzene rings is 1. The number of pyridine rings is 1. The van der Waals surface area contributed by atoms with Crippen molar-refractivity contribution in [3.8, 4) is 0 Å². The first-order valence-corrected chi connectivity index (χ1v) is 5.67. The number of fused-ring (bicyclic) bond motifs is 1. The van der Waals surface area contributed by atoms with Crippen LogP contribution in [-0.4, -0.2) is 12.0 Å². The van der Waals surface area contributed by atoms with Gasteiger partial charge in [0, 0.05) is 24.2 Å². The summed E-state index contributed by atoms with van der Waals surface area (Å²) in [4.78, 5) is 3.43. The van der Waals surface area contributed by atoms with Crippen LogP contribution in [0.2, 0.25) is 0 Å². The Morgan fingerprint density at radius 1 is 1.22 bits per heavy atom. The van der Waals surface area contributed by atoms with Crippen LogP contribution in [0.25, 0.3) is 10.9 Å². The van der Waals surface area contributed by atoms with Crippen LogP contribution in [-0.2, 0) is 6.18 Å². The molecule has 0 saturated heterocycles. The van der Waals surface area contributed by atoms with Gasteiger partial charge < -0.3 is 5.32 Å².